The average Bonchev–Trinajstić information content (AvgIpc) is 3.17. The number of fused-ring (bicyclic) bond motifs is 1. The number of likely N-dealkylation sites (N-methyl/N-ethyl adjacent to an activating group) is 1. The molecule has 0 unspecified atom stereocenters. The lowest BCUT2D eigenvalue weighted by Crippen LogP contribution is -2.45. The fraction of sp³-hybridized carbons (Fsp3) is 0.412. The maximum atomic E-state index is 4.98. The Bertz CT molecular complexity index is 830. The van der Waals surface area contributed by atoms with E-state index in [-0.39, 0.29) is 0 Å². The van der Waals surface area contributed by atoms with E-state index >= 15 is 0 Å². The number of piperazine rings is 1. The molecule has 1 aliphatic heterocycles. The van der Waals surface area contributed by atoms with Crippen LogP contribution >= 0.6 is 22.7 Å². The third-order valence-corrected chi connectivity index (χ3v) is 6.52. The molecule has 6 heteroatoms. The topological polar surface area (TPSA) is 32.3 Å². The zero-order valence-electron chi connectivity index (χ0n) is 13.7. The molecular formula is C17H20N4S2. The maximum absolute atomic E-state index is 4.98. The van der Waals surface area contributed by atoms with Crippen LogP contribution in [-0.2, 0) is 0 Å². The smallest absolute Gasteiger partial charge is 0.173 e. The van der Waals surface area contributed by atoms with Gasteiger partial charge in [-0.25, -0.2) is 9.97 Å². The van der Waals surface area contributed by atoms with Crippen molar-refractivity contribution in [1.29, 1.82) is 0 Å². The first kappa shape index (κ1) is 15.1. The van der Waals surface area contributed by atoms with E-state index in [1.54, 1.807) is 22.7 Å². The zero-order chi connectivity index (χ0) is 16.0. The van der Waals surface area contributed by atoms with Gasteiger partial charge in [0.2, 0.25) is 0 Å². The van der Waals surface area contributed by atoms with Crippen molar-refractivity contribution in [2.45, 2.75) is 13.8 Å². The van der Waals surface area contributed by atoms with Gasteiger partial charge in [0.05, 0.1) is 10.3 Å². The van der Waals surface area contributed by atoms with Crippen LogP contribution in [0.25, 0.3) is 20.9 Å². The molecule has 0 bridgehead atoms. The molecule has 1 aliphatic rings. The zero-order valence-corrected chi connectivity index (χ0v) is 15.3. The molecule has 1 fully saturated rings. The third kappa shape index (κ3) is 2.65. The molecule has 0 aromatic carbocycles. The number of aryl methyl sites for hydroxylation is 2. The van der Waals surface area contributed by atoms with E-state index in [2.05, 4.69) is 48.2 Å². The van der Waals surface area contributed by atoms with Crippen molar-refractivity contribution in [1.82, 2.24) is 14.9 Å². The van der Waals surface area contributed by atoms with Crippen molar-refractivity contribution in [3.8, 4) is 10.7 Å². The normalized spacial score (nSPS) is 16.4. The molecule has 3 aromatic heterocycles. The second kappa shape index (κ2) is 5.85. The molecule has 0 atom stereocenters. The molecular weight excluding hydrogens is 324 g/mol. The van der Waals surface area contributed by atoms with E-state index in [1.165, 1.54) is 15.8 Å². The minimum absolute atomic E-state index is 0.864. The number of thiophene rings is 2. The van der Waals surface area contributed by atoms with Crippen molar-refractivity contribution in [3.05, 3.63) is 28.0 Å². The summed E-state index contributed by atoms with van der Waals surface area (Å²) in [4.78, 5) is 18.2. The van der Waals surface area contributed by atoms with Gasteiger partial charge in [0.1, 0.15) is 10.6 Å². The number of nitrogens with zero attached hydrogens (tertiary/aromatic N) is 4. The molecule has 0 aliphatic carbocycles. The van der Waals surface area contributed by atoms with Gasteiger partial charge in [0.15, 0.2) is 5.82 Å². The average molecular weight is 345 g/mol. The SMILES string of the molecule is Cc1sc2nc(-c3cccs3)nc(N3CCN(C)CC3)c2c1C. The maximum Gasteiger partial charge on any atom is 0.173 e. The van der Waals surface area contributed by atoms with Crippen molar-refractivity contribution in [2.75, 3.05) is 38.1 Å². The predicted octanol–water partition coefficient (Wildman–Crippen LogP) is 3.79. The van der Waals surface area contributed by atoms with Crippen LogP contribution < -0.4 is 4.90 Å². The molecule has 0 spiro atoms. The lowest BCUT2D eigenvalue weighted by atomic mass is 10.2. The molecule has 120 valence electrons. The first-order valence-electron chi connectivity index (χ1n) is 7.88. The van der Waals surface area contributed by atoms with Gasteiger partial charge in [-0.3, -0.25) is 0 Å². The summed E-state index contributed by atoms with van der Waals surface area (Å²) in [5.74, 6) is 1.98. The lowest BCUT2D eigenvalue weighted by molar-refractivity contribution is 0.312. The number of anilines is 1. The highest BCUT2D eigenvalue weighted by Crippen LogP contribution is 2.37. The monoisotopic (exact) mass is 344 g/mol. The van der Waals surface area contributed by atoms with Gasteiger partial charge in [-0.05, 0) is 37.9 Å². The Morgan fingerprint density at radius 1 is 1.09 bits per heavy atom. The van der Waals surface area contributed by atoms with E-state index < -0.39 is 0 Å². The highest BCUT2D eigenvalue weighted by atomic mass is 32.1. The van der Waals surface area contributed by atoms with Crippen molar-refractivity contribution in [3.63, 3.8) is 0 Å². The van der Waals surface area contributed by atoms with Crippen molar-refractivity contribution in [2.24, 2.45) is 0 Å². The van der Waals surface area contributed by atoms with Crippen molar-refractivity contribution < 1.29 is 0 Å². The highest BCUT2D eigenvalue weighted by Gasteiger charge is 2.22. The summed E-state index contributed by atoms with van der Waals surface area (Å²) in [5.41, 5.74) is 1.33. The van der Waals surface area contributed by atoms with Crippen molar-refractivity contribution >= 4 is 38.7 Å². The van der Waals surface area contributed by atoms with Gasteiger partial charge < -0.3 is 9.80 Å². The molecule has 0 saturated carbocycles. The van der Waals surface area contributed by atoms with Gasteiger partial charge >= 0.3 is 0 Å². The Hall–Kier alpha value is -1.50. The molecule has 0 N–H and O–H groups in total. The molecule has 4 heterocycles. The van der Waals surface area contributed by atoms with E-state index in [0.717, 1.165) is 47.5 Å². The summed E-state index contributed by atoms with van der Waals surface area (Å²) < 4.78 is 0. The molecule has 0 radical (unpaired) electrons. The summed E-state index contributed by atoms with van der Waals surface area (Å²) in [6.07, 6.45) is 0. The van der Waals surface area contributed by atoms with Crippen LogP contribution in [0.15, 0.2) is 17.5 Å². The van der Waals surface area contributed by atoms with Crippen LogP contribution in [0.2, 0.25) is 0 Å². The van der Waals surface area contributed by atoms with Gasteiger partial charge in [0.25, 0.3) is 0 Å². The fourth-order valence-corrected chi connectivity index (χ4v) is 4.67. The van der Waals surface area contributed by atoms with Gasteiger partial charge in [-0.15, -0.1) is 22.7 Å². The number of hydrogen-bond acceptors (Lipinski definition) is 6. The Morgan fingerprint density at radius 2 is 1.87 bits per heavy atom. The van der Waals surface area contributed by atoms with Gasteiger partial charge in [-0.2, -0.15) is 0 Å². The Balaban J connectivity index is 1.89. The van der Waals surface area contributed by atoms with Crippen LogP contribution in [0.3, 0.4) is 0 Å². The second-order valence-corrected chi connectivity index (χ2v) is 8.25. The standard InChI is InChI=1S/C17H20N4S2/c1-11-12(2)23-17-14(11)16(21-8-6-20(3)7-9-21)18-15(19-17)13-5-4-10-22-13/h4-5,10H,6-9H2,1-3H3. The minimum Gasteiger partial charge on any atom is -0.353 e. The van der Waals surface area contributed by atoms with E-state index in [1.807, 2.05) is 0 Å². The van der Waals surface area contributed by atoms with Crippen LogP contribution in [0.5, 0.6) is 0 Å². The third-order valence-electron chi connectivity index (χ3n) is 4.55. The Morgan fingerprint density at radius 3 is 2.57 bits per heavy atom. The summed E-state index contributed by atoms with van der Waals surface area (Å²) in [7, 11) is 2.18. The molecule has 3 aromatic rings. The summed E-state index contributed by atoms with van der Waals surface area (Å²) in [5, 5.41) is 3.33. The summed E-state index contributed by atoms with van der Waals surface area (Å²) >= 11 is 3.49. The highest BCUT2D eigenvalue weighted by molar-refractivity contribution is 7.19. The predicted molar refractivity (Wildman–Crippen MR) is 99.9 cm³/mol. The summed E-state index contributed by atoms with van der Waals surface area (Å²) in [6.45, 7) is 8.60. The molecule has 4 nitrogen and oxygen atoms in total. The van der Waals surface area contributed by atoms with Gasteiger partial charge in [0, 0.05) is 31.1 Å². The first-order chi connectivity index (χ1) is 11.1. The minimum atomic E-state index is 0.864. The largest absolute Gasteiger partial charge is 0.353 e. The lowest BCUT2D eigenvalue weighted by Gasteiger charge is -2.33. The number of rotatable bonds is 2. The van der Waals surface area contributed by atoms with Crippen LogP contribution in [0.4, 0.5) is 5.82 Å². The Labute approximate surface area is 144 Å². The first-order valence-corrected chi connectivity index (χ1v) is 9.58. The fourth-order valence-electron chi connectivity index (χ4n) is 2.99. The number of aromatic nitrogens is 2. The van der Waals surface area contributed by atoms with E-state index in [4.69, 9.17) is 9.97 Å². The second-order valence-electron chi connectivity index (χ2n) is 6.10. The van der Waals surface area contributed by atoms with E-state index in [9.17, 15) is 0 Å². The van der Waals surface area contributed by atoms with Crippen LogP contribution in [0.1, 0.15) is 10.4 Å². The van der Waals surface area contributed by atoms with Crippen LogP contribution in [0, 0.1) is 13.8 Å². The molecule has 23 heavy (non-hydrogen) atoms. The molecule has 4 rings (SSSR count). The van der Waals surface area contributed by atoms with Gasteiger partial charge in [-0.1, -0.05) is 6.07 Å². The summed E-state index contributed by atoms with van der Waals surface area (Å²) in [6, 6.07) is 4.17. The number of hydrogen-bond donors (Lipinski definition) is 0. The molecule has 0 amide bonds. The quantitative estimate of drug-likeness (QED) is 0.708. The van der Waals surface area contributed by atoms with E-state index in [0.29, 0.717) is 0 Å². The molecule has 1 saturated heterocycles. The van der Waals surface area contributed by atoms with Crippen LogP contribution in [-0.4, -0.2) is 48.1 Å². The Kier molecular flexibility index (Phi) is 3.83.